The lowest BCUT2D eigenvalue weighted by molar-refractivity contribution is -0.133. The number of aryl methyl sites for hydroxylation is 2. The third kappa shape index (κ3) is 2.51. The minimum atomic E-state index is -0.851. The van der Waals surface area contributed by atoms with E-state index >= 15 is 0 Å². The summed E-state index contributed by atoms with van der Waals surface area (Å²) < 4.78 is 3.84. The van der Waals surface area contributed by atoms with E-state index in [0.29, 0.717) is 11.7 Å². The van der Waals surface area contributed by atoms with E-state index in [1.54, 1.807) is 6.08 Å². The second-order valence-electron chi connectivity index (χ2n) is 4.05. The van der Waals surface area contributed by atoms with Gasteiger partial charge in [-0.3, -0.25) is 9.36 Å². The Morgan fingerprint density at radius 1 is 1.58 bits per heavy atom. The quantitative estimate of drug-likeness (QED) is 0.646. The number of imidazole rings is 1. The van der Waals surface area contributed by atoms with Crippen molar-refractivity contribution in [2.24, 2.45) is 0 Å². The fourth-order valence-corrected chi connectivity index (χ4v) is 2.68. The molecule has 0 bridgehead atoms. The first-order valence-electron chi connectivity index (χ1n) is 5.97. The van der Waals surface area contributed by atoms with Crippen molar-refractivity contribution in [2.45, 2.75) is 32.1 Å². The van der Waals surface area contributed by atoms with Crippen LogP contribution < -0.4 is 0 Å². The summed E-state index contributed by atoms with van der Waals surface area (Å²) in [6, 6.07) is 0. The monoisotopic (exact) mass is 280 g/mol. The number of allylic oxidation sites excluding steroid dienone is 1. The zero-order valence-electron chi connectivity index (χ0n) is 11.0. The zero-order valence-corrected chi connectivity index (χ0v) is 11.8. The lowest BCUT2D eigenvalue weighted by Crippen LogP contribution is -2.06. The summed E-state index contributed by atoms with van der Waals surface area (Å²) in [4.78, 5) is 15.2. The van der Waals surface area contributed by atoms with E-state index in [9.17, 15) is 4.79 Å². The average molecular weight is 280 g/mol. The molecule has 0 amide bonds. The van der Waals surface area contributed by atoms with Crippen molar-refractivity contribution in [2.75, 3.05) is 5.75 Å². The number of carbonyl (C=O) groups is 1. The molecular weight excluding hydrogens is 264 g/mol. The first-order chi connectivity index (χ1) is 9.08. The Labute approximate surface area is 115 Å². The second-order valence-corrected chi connectivity index (χ2v) is 4.99. The van der Waals surface area contributed by atoms with Gasteiger partial charge >= 0.3 is 5.97 Å². The SMILES string of the molecule is C=CCn1c(SCC(=O)O)nc2c(C)nn(CC)c21. The molecule has 0 aliphatic rings. The van der Waals surface area contributed by atoms with Crippen molar-refractivity contribution in [3.63, 3.8) is 0 Å². The topological polar surface area (TPSA) is 72.9 Å². The Bertz CT molecular complexity index is 629. The number of hydrogen-bond donors (Lipinski definition) is 1. The zero-order chi connectivity index (χ0) is 14.0. The molecule has 19 heavy (non-hydrogen) atoms. The Hall–Kier alpha value is -1.76. The molecule has 0 atom stereocenters. The Balaban J connectivity index is 2.53. The molecule has 0 aliphatic carbocycles. The highest BCUT2D eigenvalue weighted by atomic mass is 32.2. The van der Waals surface area contributed by atoms with Crippen molar-refractivity contribution in [3.05, 3.63) is 18.3 Å². The average Bonchev–Trinajstić information content (AvgIpc) is 2.87. The summed E-state index contributed by atoms with van der Waals surface area (Å²) in [5.41, 5.74) is 2.61. The maximum absolute atomic E-state index is 10.7. The predicted molar refractivity (Wildman–Crippen MR) is 74.5 cm³/mol. The van der Waals surface area contributed by atoms with E-state index in [2.05, 4.69) is 16.7 Å². The molecule has 0 aromatic carbocycles. The van der Waals surface area contributed by atoms with Gasteiger partial charge in [0.05, 0.1) is 11.4 Å². The van der Waals surface area contributed by atoms with Crippen LogP contribution in [0.3, 0.4) is 0 Å². The van der Waals surface area contributed by atoms with Gasteiger partial charge in [-0.2, -0.15) is 5.10 Å². The van der Waals surface area contributed by atoms with Gasteiger partial charge in [0.2, 0.25) is 0 Å². The predicted octanol–water partition coefficient (Wildman–Crippen LogP) is 1.92. The van der Waals surface area contributed by atoms with Gasteiger partial charge in [0.1, 0.15) is 5.52 Å². The number of hydrogen-bond acceptors (Lipinski definition) is 4. The standard InChI is InChI=1S/C12H16N4O2S/c1-4-6-15-11-10(8(3)14-16(11)5-2)13-12(15)19-7-9(17)18/h4H,1,5-7H2,2-3H3,(H,17,18). The van der Waals surface area contributed by atoms with Crippen LogP contribution in [0.4, 0.5) is 0 Å². The molecule has 2 rings (SSSR count). The van der Waals surface area contributed by atoms with Gasteiger partial charge in [-0.05, 0) is 13.8 Å². The molecule has 0 spiro atoms. The Morgan fingerprint density at radius 2 is 2.32 bits per heavy atom. The smallest absolute Gasteiger partial charge is 0.313 e. The minimum absolute atomic E-state index is 0.00461. The molecular formula is C12H16N4O2S. The van der Waals surface area contributed by atoms with Crippen molar-refractivity contribution < 1.29 is 9.90 Å². The number of carboxylic acids is 1. The normalized spacial score (nSPS) is 11.1. The Morgan fingerprint density at radius 3 is 2.89 bits per heavy atom. The van der Waals surface area contributed by atoms with E-state index in [0.717, 1.165) is 23.4 Å². The van der Waals surface area contributed by atoms with Gasteiger partial charge in [0, 0.05) is 13.1 Å². The van der Waals surface area contributed by atoms with Crippen molar-refractivity contribution in [1.82, 2.24) is 19.3 Å². The summed E-state index contributed by atoms with van der Waals surface area (Å²) >= 11 is 1.22. The highest BCUT2D eigenvalue weighted by Crippen LogP contribution is 2.26. The van der Waals surface area contributed by atoms with Crippen molar-refractivity contribution in [3.8, 4) is 0 Å². The number of aromatic nitrogens is 4. The van der Waals surface area contributed by atoms with Crippen LogP contribution in [-0.2, 0) is 17.9 Å². The van der Waals surface area contributed by atoms with E-state index in [1.807, 2.05) is 23.1 Å². The second kappa shape index (κ2) is 5.48. The van der Waals surface area contributed by atoms with Crippen LogP contribution in [-0.4, -0.2) is 36.2 Å². The third-order valence-corrected chi connectivity index (χ3v) is 3.66. The molecule has 1 N–H and O–H groups in total. The molecule has 102 valence electrons. The summed E-state index contributed by atoms with van der Waals surface area (Å²) in [6.45, 7) is 8.99. The van der Waals surface area contributed by atoms with Crippen LogP contribution in [0.2, 0.25) is 0 Å². The molecule has 0 aliphatic heterocycles. The first-order valence-corrected chi connectivity index (χ1v) is 6.96. The number of thioether (sulfide) groups is 1. The fraction of sp³-hybridized carbons (Fsp3) is 0.417. The first kappa shape index (κ1) is 13.7. The number of fused-ring (bicyclic) bond motifs is 1. The molecule has 6 nitrogen and oxygen atoms in total. The number of nitrogens with zero attached hydrogens (tertiary/aromatic N) is 4. The maximum Gasteiger partial charge on any atom is 0.313 e. The van der Waals surface area contributed by atoms with Gasteiger partial charge in [0.25, 0.3) is 0 Å². The lowest BCUT2D eigenvalue weighted by Gasteiger charge is -2.06. The molecule has 7 heteroatoms. The highest BCUT2D eigenvalue weighted by Gasteiger charge is 2.18. The summed E-state index contributed by atoms with van der Waals surface area (Å²) in [5, 5.41) is 13.9. The summed E-state index contributed by atoms with van der Waals surface area (Å²) in [7, 11) is 0. The highest BCUT2D eigenvalue weighted by molar-refractivity contribution is 7.99. The van der Waals surface area contributed by atoms with Crippen molar-refractivity contribution in [1.29, 1.82) is 0 Å². The molecule has 0 saturated heterocycles. The van der Waals surface area contributed by atoms with Crippen molar-refractivity contribution >= 4 is 28.9 Å². The van der Waals surface area contributed by atoms with Crippen LogP contribution in [0.15, 0.2) is 17.8 Å². The van der Waals surface area contributed by atoms with E-state index < -0.39 is 5.97 Å². The van der Waals surface area contributed by atoms with Gasteiger partial charge in [0.15, 0.2) is 10.8 Å². The van der Waals surface area contributed by atoms with Crippen LogP contribution in [0.1, 0.15) is 12.6 Å². The molecule has 0 radical (unpaired) electrons. The minimum Gasteiger partial charge on any atom is -0.481 e. The summed E-state index contributed by atoms with van der Waals surface area (Å²) in [6.07, 6.45) is 1.77. The fourth-order valence-electron chi connectivity index (χ4n) is 1.96. The summed E-state index contributed by atoms with van der Waals surface area (Å²) in [5.74, 6) is -0.855. The number of aliphatic carboxylic acids is 1. The Kier molecular flexibility index (Phi) is 3.94. The number of carboxylic acid groups (broad SMARTS) is 1. The van der Waals surface area contributed by atoms with E-state index in [4.69, 9.17) is 5.11 Å². The van der Waals surface area contributed by atoms with Gasteiger partial charge < -0.3 is 5.11 Å². The van der Waals surface area contributed by atoms with Crippen LogP contribution >= 0.6 is 11.8 Å². The van der Waals surface area contributed by atoms with Crippen LogP contribution in [0, 0.1) is 6.92 Å². The van der Waals surface area contributed by atoms with E-state index in [-0.39, 0.29) is 5.75 Å². The molecule has 0 saturated carbocycles. The molecule has 2 aromatic rings. The molecule has 0 unspecified atom stereocenters. The molecule has 2 heterocycles. The maximum atomic E-state index is 10.7. The lowest BCUT2D eigenvalue weighted by atomic mass is 10.4. The third-order valence-electron chi connectivity index (χ3n) is 2.70. The van der Waals surface area contributed by atoms with Crippen LogP contribution in [0.25, 0.3) is 11.2 Å². The number of rotatable bonds is 6. The van der Waals surface area contributed by atoms with Gasteiger partial charge in [-0.15, -0.1) is 6.58 Å². The molecule has 0 fully saturated rings. The van der Waals surface area contributed by atoms with Crippen LogP contribution in [0.5, 0.6) is 0 Å². The largest absolute Gasteiger partial charge is 0.481 e. The van der Waals surface area contributed by atoms with Gasteiger partial charge in [-0.25, -0.2) is 9.67 Å². The van der Waals surface area contributed by atoms with E-state index in [1.165, 1.54) is 11.8 Å². The van der Waals surface area contributed by atoms with Gasteiger partial charge in [-0.1, -0.05) is 17.8 Å². The molecule has 2 aromatic heterocycles.